The lowest BCUT2D eigenvalue weighted by Gasteiger charge is -2.05. The SMILES string of the molecule is COc1ccc(Oc2cc(N)ccn2)cc1. The number of methoxy groups -OCH3 is 1. The number of anilines is 1. The van der Waals surface area contributed by atoms with Gasteiger partial charge in [0.25, 0.3) is 0 Å². The molecule has 0 bridgehead atoms. The second kappa shape index (κ2) is 4.53. The van der Waals surface area contributed by atoms with E-state index < -0.39 is 0 Å². The van der Waals surface area contributed by atoms with E-state index in [4.69, 9.17) is 15.2 Å². The van der Waals surface area contributed by atoms with Crippen LogP contribution in [0.3, 0.4) is 0 Å². The molecule has 2 N–H and O–H groups in total. The summed E-state index contributed by atoms with van der Waals surface area (Å²) in [5, 5.41) is 0. The van der Waals surface area contributed by atoms with Gasteiger partial charge in [0.2, 0.25) is 5.88 Å². The summed E-state index contributed by atoms with van der Waals surface area (Å²) in [4.78, 5) is 4.04. The Morgan fingerprint density at radius 1 is 1.06 bits per heavy atom. The van der Waals surface area contributed by atoms with Crippen molar-refractivity contribution in [1.29, 1.82) is 0 Å². The first-order valence-electron chi connectivity index (χ1n) is 4.81. The number of nitrogen functional groups attached to an aromatic ring is 1. The van der Waals surface area contributed by atoms with E-state index in [1.165, 1.54) is 0 Å². The van der Waals surface area contributed by atoms with Gasteiger partial charge < -0.3 is 15.2 Å². The van der Waals surface area contributed by atoms with Crippen molar-refractivity contribution in [3.63, 3.8) is 0 Å². The number of nitrogens with two attached hydrogens (primary N) is 1. The topological polar surface area (TPSA) is 57.4 Å². The van der Waals surface area contributed by atoms with Gasteiger partial charge in [-0.05, 0) is 30.3 Å². The maximum Gasteiger partial charge on any atom is 0.221 e. The lowest BCUT2D eigenvalue weighted by atomic mass is 10.3. The number of hydrogen-bond donors (Lipinski definition) is 1. The van der Waals surface area contributed by atoms with Crippen LogP contribution in [-0.4, -0.2) is 12.1 Å². The molecular formula is C12H12N2O2. The zero-order chi connectivity index (χ0) is 11.4. The highest BCUT2D eigenvalue weighted by atomic mass is 16.5. The molecule has 4 heteroatoms. The Kier molecular flexibility index (Phi) is 2.91. The lowest BCUT2D eigenvalue weighted by molar-refractivity contribution is 0.412. The number of hydrogen-bond acceptors (Lipinski definition) is 4. The van der Waals surface area contributed by atoms with Gasteiger partial charge in [0.05, 0.1) is 7.11 Å². The Hall–Kier alpha value is -2.23. The quantitative estimate of drug-likeness (QED) is 0.856. The van der Waals surface area contributed by atoms with Gasteiger partial charge in [-0.25, -0.2) is 4.98 Å². The first kappa shape index (κ1) is 10.3. The van der Waals surface area contributed by atoms with E-state index in [0.29, 0.717) is 17.3 Å². The molecule has 0 saturated carbocycles. The number of rotatable bonds is 3. The number of benzene rings is 1. The van der Waals surface area contributed by atoms with Gasteiger partial charge in [0.15, 0.2) is 0 Å². The van der Waals surface area contributed by atoms with Crippen LogP contribution in [0.15, 0.2) is 42.6 Å². The van der Waals surface area contributed by atoms with Gasteiger partial charge in [0, 0.05) is 18.0 Å². The number of aromatic nitrogens is 1. The predicted molar refractivity (Wildman–Crippen MR) is 61.7 cm³/mol. The van der Waals surface area contributed by atoms with E-state index in [1.807, 2.05) is 24.3 Å². The summed E-state index contributed by atoms with van der Waals surface area (Å²) >= 11 is 0. The Morgan fingerprint density at radius 2 is 1.75 bits per heavy atom. The van der Waals surface area contributed by atoms with Crippen LogP contribution in [-0.2, 0) is 0 Å². The number of nitrogens with zero attached hydrogens (tertiary/aromatic N) is 1. The average Bonchev–Trinajstić information content (AvgIpc) is 2.30. The highest BCUT2D eigenvalue weighted by Crippen LogP contribution is 2.22. The predicted octanol–water partition coefficient (Wildman–Crippen LogP) is 2.46. The third-order valence-electron chi connectivity index (χ3n) is 2.04. The molecule has 0 spiro atoms. The van der Waals surface area contributed by atoms with Crippen molar-refractivity contribution in [2.45, 2.75) is 0 Å². The molecular weight excluding hydrogens is 204 g/mol. The van der Waals surface area contributed by atoms with Crippen molar-refractivity contribution < 1.29 is 9.47 Å². The fraction of sp³-hybridized carbons (Fsp3) is 0.0833. The van der Waals surface area contributed by atoms with Crippen molar-refractivity contribution >= 4 is 5.69 Å². The molecule has 0 atom stereocenters. The van der Waals surface area contributed by atoms with Crippen LogP contribution in [0.2, 0.25) is 0 Å². The minimum absolute atomic E-state index is 0.477. The molecule has 0 radical (unpaired) electrons. The van der Waals surface area contributed by atoms with Crippen LogP contribution in [0.1, 0.15) is 0 Å². The second-order valence-electron chi connectivity index (χ2n) is 3.21. The average molecular weight is 216 g/mol. The van der Waals surface area contributed by atoms with E-state index in [-0.39, 0.29) is 0 Å². The minimum atomic E-state index is 0.477. The van der Waals surface area contributed by atoms with Gasteiger partial charge in [-0.15, -0.1) is 0 Å². The molecule has 4 nitrogen and oxygen atoms in total. The van der Waals surface area contributed by atoms with Gasteiger partial charge in [0.1, 0.15) is 11.5 Å². The van der Waals surface area contributed by atoms with Crippen LogP contribution < -0.4 is 15.2 Å². The summed E-state index contributed by atoms with van der Waals surface area (Å²) in [7, 11) is 1.62. The monoisotopic (exact) mass is 216 g/mol. The van der Waals surface area contributed by atoms with Crippen molar-refractivity contribution in [2.75, 3.05) is 12.8 Å². The molecule has 0 amide bonds. The molecule has 0 saturated heterocycles. The summed E-state index contributed by atoms with van der Waals surface area (Å²) in [6.07, 6.45) is 1.61. The van der Waals surface area contributed by atoms with Crippen molar-refractivity contribution in [2.24, 2.45) is 0 Å². The molecule has 0 unspecified atom stereocenters. The third kappa shape index (κ3) is 2.42. The maximum atomic E-state index is 5.62. The Morgan fingerprint density at radius 3 is 2.38 bits per heavy atom. The molecule has 0 aliphatic rings. The van der Waals surface area contributed by atoms with Gasteiger partial charge in [-0.2, -0.15) is 0 Å². The smallest absolute Gasteiger partial charge is 0.221 e. The van der Waals surface area contributed by atoms with Crippen LogP contribution in [0.25, 0.3) is 0 Å². The van der Waals surface area contributed by atoms with Crippen LogP contribution in [0, 0.1) is 0 Å². The molecule has 0 fully saturated rings. The molecule has 1 aromatic carbocycles. The van der Waals surface area contributed by atoms with Crippen molar-refractivity contribution in [3.05, 3.63) is 42.6 Å². The summed E-state index contributed by atoms with van der Waals surface area (Å²) in [5.74, 6) is 1.96. The van der Waals surface area contributed by atoms with Crippen LogP contribution in [0.4, 0.5) is 5.69 Å². The van der Waals surface area contributed by atoms with E-state index in [9.17, 15) is 0 Å². The fourth-order valence-electron chi connectivity index (χ4n) is 1.25. The second-order valence-corrected chi connectivity index (χ2v) is 3.21. The summed E-state index contributed by atoms with van der Waals surface area (Å²) in [6, 6.07) is 10.6. The van der Waals surface area contributed by atoms with Gasteiger partial charge in [-0.1, -0.05) is 0 Å². The highest BCUT2D eigenvalue weighted by Gasteiger charge is 1.99. The van der Waals surface area contributed by atoms with E-state index >= 15 is 0 Å². The summed E-state index contributed by atoms with van der Waals surface area (Å²) in [5.41, 5.74) is 6.24. The zero-order valence-corrected chi connectivity index (χ0v) is 8.88. The Bertz CT molecular complexity index is 469. The summed E-state index contributed by atoms with van der Waals surface area (Å²) < 4.78 is 10.6. The maximum absolute atomic E-state index is 5.62. The number of ether oxygens (including phenoxy) is 2. The van der Waals surface area contributed by atoms with Crippen molar-refractivity contribution in [3.8, 4) is 17.4 Å². The van der Waals surface area contributed by atoms with Gasteiger partial charge in [-0.3, -0.25) is 0 Å². The Labute approximate surface area is 93.6 Å². The minimum Gasteiger partial charge on any atom is -0.497 e. The van der Waals surface area contributed by atoms with Crippen LogP contribution in [0.5, 0.6) is 17.4 Å². The van der Waals surface area contributed by atoms with Crippen molar-refractivity contribution in [1.82, 2.24) is 4.98 Å². The van der Waals surface area contributed by atoms with Gasteiger partial charge >= 0.3 is 0 Å². The van der Waals surface area contributed by atoms with Crippen LogP contribution >= 0.6 is 0 Å². The first-order chi connectivity index (χ1) is 7.78. The first-order valence-corrected chi connectivity index (χ1v) is 4.81. The van der Waals surface area contributed by atoms with E-state index in [2.05, 4.69) is 4.98 Å². The highest BCUT2D eigenvalue weighted by molar-refractivity contribution is 5.41. The Balaban J connectivity index is 2.14. The van der Waals surface area contributed by atoms with E-state index in [0.717, 1.165) is 5.75 Å². The molecule has 2 rings (SSSR count). The summed E-state index contributed by atoms with van der Waals surface area (Å²) in [6.45, 7) is 0. The third-order valence-corrected chi connectivity index (χ3v) is 2.04. The standard InChI is InChI=1S/C12H12N2O2/c1-15-10-2-4-11(5-3-10)16-12-8-9(13)6-7-14-12/h2-8H,1H3,(H2,13,14). The fourth-order valence-corrected chi connectivity index (χ4v) is 1.25. The molecule has 2 aromatic rings. The molecule has 1 aromatic heterocycles. The zero-order valence-electron chi connectivity index (χ0n) is 8.88. The normalized spacial score (nSPS) is 9.81. The van der Waals surface area contributed by atoms with E-state index in [1.54, 1.807) is 25.4 Å². The molecule has 82 valence electrons. The molecule has 0 aliphatic heterocycles. The lowest BCUT2D eigenvalue weighted by Crippen LogP contribution is -1.90. The largest absolute Gasteiger partial charge is 0.497 e. The number of pyridine rings is 1. The molecule has 0 aliphatic carbocycles. The molecule has 16 heavy (non-hydrogen) atoms. The molecule has 1 heterocycles.